The van der Waals surface area contributed by atoms with Crippen LogP contribution in [0.15, 0.2) is 48.0 Å². The van der Waals surface area contributed by atoms with E-state index in [2.05, 4.69) is 28.8 Å². The molecular formula is C23H25N3O4. The molecule has 0 aliphatic rings. The highest BCUT2D eigenvalue weighted by Crippen LogP contribution is 2.27. The second-order valence-electron chi connectivity index (χ2n) is 6.29. The Hall–Kier alpha value is -3.79. The van der Waals surface area contributed by atoms with Gasteiger partial charge >= 0.3 is 5.97 Å². The first-order valence-electron chi connectivity index (χ1n) is 9.51. The largest absolute Gasteiger partial charge is 0.496 e. The van der Waals surface area contributed by atoms with Gasteiger partial charge < -0.3 is 19.7 Å². The number of anilines is 2. The van der Waals surface area contributed by atoms with Crippen molar-refractivity contribution in [2.45, 2.75) is 13.8 Å². The van der Waals surface area contributed by atoms with Crippen LogP contribution in [-0.2, 0) is 9.53 Å². The monoisotopic (exact) mass is 407 g/mol. The molecule has 30 heavy (non-hydrogen) atoms. The molecule has 0 fully saturated rings. The second kappa shape index (κ2) is 10.7. The van der Waals surface area contributed by atoms with Crippen LogP contribution in [0.1, 0.15) is 29.8 Å². The van der Waals surface area contributed by atoms with Crippen molar-refractivity contribution in [2.24, 2.45) is 0 Å². The van der Waals surface area contributed by atoms with Gasteiger partial charge in [-0.15, -0.1) is 0 Å². The molecule has 0 aliphatic heterocycles. The Morgan fingerprint density at radius 3 is 2.30 bits per heavy atom. The molecule has 1 amide bonds. The van der Waals surface area contributed by atoms with Crippen LogP contribution in [0, 0.1) is 11.3 Å². The zero-order chi connectivity index (χ0) is 22.1. The normalized spacial score (nSPS) is 10.7. The number of hydrogen-bond acceptors (Lipinski definition) is 6. The van der Waals surface area contributed by atoms with E-state index in [0.717, 1.165) is 18.8 Å². The number of amides is 1. The molecule has 2 rings (SSSR count). The first-order valence-corrected chi connectivity index (χ1v) is 9.51. The van der Waals surface area contributed by atoms with Crippen LogP contribution in [0.5, 0.6) is 5.75 Å². The fraction of sp³-hybridized carbons (Fsp3) is 0.261. The smallest absolute Gasteiger partial charge is 0.337 e. The van der Waals surface area contributed by atoms with E-state index in [9.17, 15) is 14.9 Å². The zero-order valence-corrected chi connectivity index (χ0v) is 17.6. The lowest BCUT2D eigenvalue weighted by molar-refractivity contribution is -0.112. The van der Waals surface area contributed by atoms with Gasteiger partial charge in [0.1, 0.15) is 17.4 Å². The van der Waals surface area contributed by atoms with Gasteiger partial charge in [0.15, 0.2) is 0 Å². The van der Waals surface area contributed by atoms with Gasteiger partial charge in [0.25, 0.3) is 5.91 Å². The number of methoxy groups -OCH3 is 2. The summed E-state index contributed by atoms with van der Waals surface area (Å²) in [4.78, 5) is 26.2. The van der Waals surface area contributed by atoms with E-state index in [4.69, 9.17) is 4.74 Å². The van der Waals surface area contributed by atoms with Gasteiger partial charge in [-0.3, -0.25) is 4.79 Å². The van der Waals surface area contributed by atoms with E-state index in [0.29, 0.717) is 22.6 Å². The number of nitrogens with one attached hydrogen (secondary N) is 1. The molecule has 156 valence electrons. The second-order valence-corrected chi connectivity index (χ2v) is 6.29. The van der Waals surface area contributed by atoms with Crippen molar-refractivity contribution in [1.29, 1.82) is 5.26 Å². The van der Waals surface area contributed by atoms with Gasteiger partial charge in [0, 0.05) is 36.1 Å². The number of carbonyl (C=O) groups excluding carboxylic acids is 2. The first-order chi connectivity index (χ1) is 14.5. The van der Waals surface area contributed by atoms with Crippen molar-refractivity contribution in [2.75, 3.05) is 37.5 Å². The number of rotatable bonds is 8. The van der Waals surface area contributed by atoms with Gasteiger partial charge in [0.2, 0.25) is 0 Å². The first kappa shape index (κ1) is 22.5. The molecule has 0 atom stereocenters. The molecule has 0 aliphatic carbocycles. The third kappa shape index (κ3) is 5.39. The minimum Gasteiger partial charge on any atom is -0.496 e. The fourth-order valence-electron chi connectivity index (χ4n) is 2.91. The van der Waals surface area contributed by atoms with Crippen LogP contribution >= 0.6 is 0 Å². The summed E-state index contributed by atoms with van der Waals surface area (Å²) in [5.74, 6) is -0.452. The maximum absolute atomic E-state index is 12.5. The maximum atomic E-state index is 12.5. The van der Waals surface area contributed by atoms with E-state index in [-0.39, 0.29) is 5.57 Å². The molecule has 0 saturated carbocycles. The Morgan fingerprint density at radius 2 is 1.77 bits per heavy atom. The summed E-state index contributed by atoms with van der Waals surface area (Å²) in [6, 6.07) is 13.8. The lowest BCUT2D eigenvalue weighted by atomic mass is 10.1. The minimum atomic E-state index is -0.557. The number of esters is 1. The van der Waals surface area contributed by atoms with Crippen molar-refractivity contribution in [3.05, 3.63) is 59.2 Å². The van der Waals surface area contributed by atoms with E-state index in [1.165, 1.54) is 25.3 Å². The Kier molecular flexibility index (Phi) is 8.00. The molecule has 0 radical (unpaired) electrons. The fourth-order valence-corrected chi connectivity index (χ4v) is 2.91. The summed E-state index contributed by atoms with van der Waals surface area (Å²) < 4.78 is 10.1. The summed E-state index contributed by atoms with van der Waals surface area (Å²) in [7, 11) is 2.85. The van der Waals surface area contributed by atoms with E-state index >= 15 is 0 Å². The predicted octanol–water partition coefficient (Wildman–Crippen LogP) is 3.87. The average molecular weight is 407 g/mol. The van der Waals surface area contributed by atoms with E-state index < -0.39 is 11.9 Å². The number of carbonyl (C=O) groups is 2. The van der Waals surface area contributed by atoms with Gasteiger partial charge in [-0.1, -0.05) is 0 Å². The van der Waals surface area contributed by atoms with Crippen LogP contribution in [0.3, 0.4) is 0 Å². The SMILES string of the molecule is CCN(CC)c1ccc(/C=C(\C#N)C(=O)Nc2ccc(C(=O)OC)cc2)c(OC)c1. The Bertz CT molecular complexity index is 971. The lowest BCUT2D eigenvalue weighted by Gasteiger charge is -2.22. The third-order valence-corrected chi connectivity index (χ3v) is 4.57. The Labute approximate surface area is 176 Å². The molecule has 2 aromatic rings. The van der Waals surface area contributed by atoms with Gasteiger partial charge in [-0.25, -0.2) is 4.79 Å². The highest BCUT2D eigenvalue weighted by Gasteiger charge is 2.13. The van der Waals surface area contributed by atoms with Gasteiger partial charge in [-0.05, 0) is 56.3 Å². The summed E-state index contributed by atoms with van der Waals surface area (Å²) in [6.07, 6.45) is 1.49. The molecule has 0 aromatic heterocycles. The van der Waals surface area contributed by atoms with E-state index in [1.54, 1.807) is 19.2 Å². The van der Waals surface area contributed by atoms with Gasteiger partial charge in [-0.2, -0.15) is 5.26 Å². The number of nitriles is 1. The van der Waals surface area contributed by atoms with Crippen molar-refractivity contribution in [1.82, 2.24) is 0 Å². The lowest BCUT2D eigenvalue weighted by Crippen LogP contribution is -2.21. The summed E-state index contributed by atoms with van der Waals surface area (Å²) in [5.41, 5.74) is 2.38. The summed E-state index contributed by atoms with van der Waals surface area (Å²) in [5, 5.41) is 12.1. The van der Waals surface area contributed by atoms with E-state index in [1.807, 2.05) is 24.3 Å². The topological polar surface area (TPSA) is 91.7 Å². The number of nitrogens with zero attached hydrogens (tertiary/aromatic N) is 2. The highest BCUT2D eigenvalue weighted by atomic mass is 16.5. The third-order valence-electron chi connectivity index (χ3n) is 4.57. The molecular weight excluding hydrogens is 382 g/mol. The predicted molar refractivity (Wildman–Crippen MR) is 117 cm³/mol. The number of benzene rings is 2. The van der Waals surface area contributed by atoms with Crippen molar-refractivity contribution < 1.29 is 19.1 Å². The molecule has 0 spiro atoms. The quantitative estimate of drug-likeness (QED) is 0.406. The Balaban J connectivity index is 2.25. The minimum absolute atomic E-state index is 0.0686. The van der Waals surface area contributed by atoms with Crippen molar-refractivity contribution in [3.8, 4) is 11.8 Å². The zero-order valence-electron chi connectivity index (χ0n) is 17.6. The summed E-state index contributed by atoms with van der Waals surface area (Å²) >= 11 is 0. The van der Waals surface area contributed by atoms with Crippen molar-refractivity contribution in [3.63, 3.8) is 0 Å². The maximum Gasteiger partial charge on any atom is 0.337 e. The average Bonchev–Trinajstić information content (AvgIpc) is 2.78. The number of ether oxygens (including phenoxy) is 2. The van der Waals surface area contributed by atoms with Crippen LogP contribution < -0.4 is 15.0 Å². The summed E-state index contributed by atoms with van der Waals surface area (Å²) in [6.45, 7) is 5.85. The van der Waals surface area contributed by atoms with Gasteiger partial charge in [0.05, 0.1) is 19.8 Å². The molecule has 0 unspecified atom stereocenters. The Morgan fingerprint density at radius 1 is 1.10 bits per heavy atom. The van der Waals surface area contributed by atoms with Crippen LogP contribution in [0.25, 0.3) is 6.08 Å². The molecule has 0 saturated heterocycles. The molecule has 0 heterocycles. The molecule has 7 heteroatoms. The molecule has 2 aromatic carbocycles. The highest BCUT2D eigenvalue weighted by molar-refractivity contribution is 6.10. The standard InChI is InChI=1S/C23H25N3O4/c1-5-26(6-2)20-12-9-17(21(14-20)29-3)13-18(15-24)22(27)25-19-10-7-16(8-11-19)23(28)30-4/h7-14H,5-6H2,1-4H3,(H,25,27)/b18-13+. The van der Waals surface area contributed by atoms with Crippen LogP contribution in [-0.4, -0.2) is 39.2 Å². The molecule has 1 N–H and O–H groups in total. The van der Waals surface area contributed by atoms with Crippen LogP contribution in [0.2, 0.25) is 0 Å². The number of hydrogen-bond donors (Lipinski definition) is 1. The van der Waals surface area contributed by atoms with Crippen LogP contribution in [0.4, 0.5) is 11.4 Å². The molecule has 7 nitrogen and oxygen atoms in total. The van der Waals surface area contributed by atoms with Crippen molar-refractivity contribution >= 4 is 29.3 Å². The molecule has 0 bridgehead atoms.